The lowest BCUT2D eigenvalue weighted by Gasteiger charge is -2.14. The molecular formula is C16H18N2O. The minimum absolute atomic E-state index is 0.0229. The first-order chi connectivity index (χ1) is 9.16. The van der Waals surface area contributed by atoms with Gasteiger partial charge in [-0.05, 0) is 36.6 Å². The highest BCUT2D eigenvalue weighted by Gasteiger charge is 2.10. The van der Waals surface area contributed by atoms with Crippen molar-refractivity contribution < 1.29 is 4.79 Å². The van der Waals surface area contributed by atoms with Crippen molar-refractivity contribution >= 4 is 5.91 Å². The van der Waals surface area contributed by atoms with E-state index in [0.717, 1.165) is 16.7 Å². The largest absolute Gasteiger partial charge is 0.349 e. The molecule has 1 atom stereocenters. The van der Waals surface area contributed by atoms with Gasteiger partial charge in [0.25, 0.3) is 0 Å². The number of aromatic nitrogens is 1. The van der Waals surface area contributed by atoms with Crippen LogP contribution in [0.15, 0.2) is 48.8 Å². The highest BCUT2D eigenvalue weighted by atomic mass is 16.1. The first-order valence-corrected chi connectivity index (χ1v) is 6.40. The Labute approximate surface area is 113 Å². The summed E-state index contributed by atoms with van der Waals surface area (Å²) in [5, 5.41) is 2.99. The fourth-order valence-electron chi connectivity index (χ4n) is 1.99. The van der Waals surface area contributed by atoms with Crippen molar-refractivity contribution in [2.24, 2.45) is 0 Å². The van der Waals surface area contributed by atoms with Gasteiger partial charge in [-0.15, -0.1) is 0 Å². The van der Waals surface area contributed by atoms with Crippen molar-refractivity contribution in [1.82, 2.24) is 10.3 Å². The minimum Gasteiger partial charge on any atom is -0.349 e. The van der Waals surface area contributed by atoms with Crippen molar-refractivity contribution in [2.45, 2.75) is 26.3 Å². The van der Waals surface area contributed by atoms with Crippen LogP contribution in [0.25, 0.3) is 0 Å². The summed E-state index contributed by atoms with van der Waals surface area (Å²) in [5.74, 6) is 0.0330. The molecule has 0 saturated heterocycles. The van der Waals surface area contributed by atoms with Gasteiger partial charge in [0.05, 0.1) is 12.5 Å². The van der Waals surface area contributed by atoms with E-state index in [1.54, 1.807) is 12.4 Å². The normalized spacial score (nSPS) is 11.9. The third-order valence-electron chi connectivity index (χ3n) is 3.17. The molecule has 1 heterocycles. The predicted molar refractivity (Wildman–Crippen MR) is 75.7 cm³/mol. The van der Waals surface area contributed by atoms with Crippen molar-refractivity contribution in [1.29, 1.82) is 0 Å². The molecule has 3 nitrogen and oxygen atoms in total. The zero-order valence-corrected chi connectivity index (χ0v) is 11.3. The van der Waals surface area contributed by atoms with Gasteiger partial charge in [-0.25, -0.2) is 0 Å². The zero-order valence-electron chi connectivity index (χ0n) is 11.3. The average Bonchev–Trinajstić information content (AvgIpc) is 2.42. The van der Waals surface area contributed by atoms with Gasteiger partial charge in [0, 0.05) is 12.4 Å². The highest BCUT2D eigenvalue weighted by Crippen LogP contribution is 2.12. The van der Waals surface area contributed by atoms with Crippen molar-refractivity contribution in [3.05, 3.63) is 65.5 Å². The maximum absolute atomic E-state index is 12.0. The Bertz CT molecular complexity index is 552. The van der Waals surface area contributed by atoms with Crippen molar-refractivity contribution in [3.63, 3.8) is 0 Å². The van der Waals surface area contributed by atoms with Crippen LogP contribution in [0.5, 0.6) is 0 Å². The third-order valence-corrected chi connectivity index (χ3v) is 3.17. The maximum Gasteiger partial charge on any atom is 0.224 e. The van der Waals surface area contributed by atoms with Gasteiger partial charge >= 0.3 is 0 Å². The van der Waals surface area contributed by atoms with E-state index in [4.69, 9.17) is 0 Å². The van der Waals surface area contributed by atoms with E-state index >= 15 is 0 Å². The van der Waals surface area contributed by atoms with E-state index < -0.39 is 0 Å². The summed E-state index contributed by atoms with van der Waals surface area (Å²) in [6, 6.07) is 11.8. The lowest BCUT2D eigenvalue weighted by atomic mass is 10.0. The number of carbonyl (C=O) groups excluding carboxylic acids is 1. The molecule has 1 amide bonds. The van der Waals surface area contributed by atoms with Crippen molar-refractivity contribution in [3.8, 4) is 0 Å². The summed E-state index contributed by atoms with van der Waals surface area (Å²) in [5.41, 5.74) is 3.23. The van der Waals surface area contributed by atoms with Gasteiger partial charge in [-0.1, -0.05) is 30.3 Å². The Morgan fingerprint density at radius 2 is 2.05 bits per heavy atom. The van der Waals surface area contributed by atoms with Crippen LogP contribution in [0, 0.1) is 6.92 Å². The first-order valence-electron chi connectivity index (χ1n) is 6.40. The quantitative estimate of drug-likeness (QED) is 0.911. The van der Waals surface area contributed by atoms with Crippen LogP contribution in [0.2, 0.25) is 0 Å². The number of carbonyl (C=O) groups is 1. The van der Waals surface area contributed by atoms with Crippen molar-refractivity contribution in [2.75, 3.05) is 0 Å². The van der Waals surface area contributed by atoms with Crippen LogP contribution in [0.3, 0.4) is 0 Å². The molecule has 0 aliphatic heterocycles. The second-order valence-electron chi connectivity index (χ2n) is 4.68. The molecule has 2 rings (SSSR count). The molecule has 0 bridgehead atoms. The minimum atomic E-state index is -0.0229. The van der Waals surface area contributed by atoms with Gasteiger partial charge in [0.15, 0.2) is 0 Å². The maximum atomic E-state index is 12.0. The molecule has 98 valence electrons. The number of nitrogens with one attached hydrogen (secondary N) is 1. The summed E-state index contributed by atoms with van der Waals surface area (Å²) in [4.78, 5) is 16.1. The van der Waals surface area contributed by atoms with Gasteiger partial charge < -0.3 is 5.32 Å². The Kier molecular flexibility index (Phi) is 4.29. The van der Waals surface area contributed by atoms with E-state index in [9.17, 15) is 4.79 Å². The van der Waals surface area contributed by atoms with Crippen LogP contribution in [0.4, 0.5) is 0 Å². The van der Waals surface area contributed by atoms with Crippen LogP contribution in [-0.2, 0) is 11.2 Å². The summed E-state index contributed by atoms with van der Waals surface area (Å²) in [7, 11) is 0. The molecule has 0 aliphatic carbocycles. The monoisotopic (exact) mass is 254 g/mol. The number of hydrogen-bond acceptors (Lipinski definition) is 2. The molecule has 19 heavy (non-hydrogen) atoms. The highest BCUT2D eigenvalue weighted by molar-refractivity contribution is 5.79. The van der Waals surface area contributed by atoms with E-state index in [0.29, 0.717) is 6.42 Å². The molecule has 1 aromatic carbocycles. The molecule has 0 aliphatic rings. The van der Waals surface area contributed by atoms with Gasteiger partial charge in [-0.3, -0.25) is 9.78 Å². The van der Waals surface area contributed by atoms with Gasteiger partial charge in [-0.2, -0.15) is 0 Å². The molecule has 2 aromatic rings. The smallest absolute Gasteiger partial charge is 0.224 e. The van der Waals surface area contributed by atoms with E-state index in [-0.39, 0.29) is 11.9 Å². The van der Waals surface area contributed by atoms with Crippen LogP contribution >= 0.6 is 0 Å². The molecule has 1 N–H and O–H groups in total. The fraction of sp³-hybridized carbons (Fsp3) is 0.250. The summed E-state index contributed by atoms with van der Waals surface area (Å²) in [6.07, 6.45) is 3.92. The fourth-order valence-corrected chi connectivity index (χ4v) is 1.99. The number of rotatable bonds is 4. The standard InChI is InChI=1S/C16H18N2O/c1-12-6-3-4-7-14(12)10-16(19)18-13(2)15-8-5-9-17-11-15/h3-9,11,13H,10H2,1-2H3,(H,18,19). The number of hydrogen-bond donors (Lipinski definition) is 1. The summed E-state index contributed by atoms with van der Waals surface area (Å²) >= 11 is 0. The average molecular weight is 254 g/mol. The molecule has 1 unspecified atom stereocenters. The summed E-state index contributed by atoms with van der Waals surface area (Å²) < 4.78 is 0. The number of nitrogens with zero attached hydrogens (tertiary/aromatic N) is 1. The first kappa shape index (κ1) is 13.3. The Balaban J connectivity index is 1.97. The lowest BCUT2D eigenvalue weighted by molar-refractivity contribution is -0.121. The second-order valence-corrected chi connectivity index (χ2v) is 4.68. The number of benzene rings is 1. The molecule has 3 heteroatoms. The number of pyridine rings is 1. The molecule has 0 radical (unpaired) electrons. The van der Waals surface area contributed by atoms with Crippen LogP contribution in [0.1, 0.15) is 29.7 Å². The zero-order chi connectivity index (χ0) is 13.7. The Hall–Kier alpha value is -2.16. The lowest BCUT2D eigenvalue weighted by Crippen LogP contribution is -2.28. The van der Waals surface area contributed by atoms with Crippen LogP contribution < -0.4 is 5.32 Å². The second kappa shape index (κ2) is 6.14. The van der Waals surface area contributed by atoms with Gasteiger partial charge in [0.2, 0.25) is 5.91 Å². The molecule has 0 fully saturated rings. The van der Waals surface area contributed by atoms with E-state index in [1.807, 2.05) is 50.2 Å². The molecule has 1 aromatic heterocycles. The Morgan fingerprint density at radius 1 is 1.26 bits per heavy atom. The van der Waals surface area contributed by atoms with E-state index in [2.05, 4.69) is 10.3 Å². The number of amides is 1. The van der Waals surface area contributed by atoms with E-state index in [1.165, 1.54) is 0 Å². The third kappa shape index (κ3) is 3.65. The SMILES string of the molecule is Cc1ccccc1CC(=O)NC(C)c1cccnc1. The summed E-state index contributed by atoms with van der Waals surface area (Å²) in [6.45, 7) is 3.99. The van der Waals surface area contributed by atoms with Gasteiger partial charge in [0.1, 0.15) is 0 Å². The van der Waals surface area contributed by atoms with Crippen LogP contribution in [-0.4, -0.2) is 10.9 Å². The predicted octanol–water partition coefficient (Wildman–Crippen LogP) is 2.81. The molecule has 0 spiro atoms. The number of aryl methyl sites for hydroxylation is 1. The molecule has 0 saturated carbocycles. The molecular weight excluding hydrogens is 236 g/mol. The topological polar surface area (TPSA) is 42.0 Å². The Morgan fingerprint density at radius 3 is 2.74 bits per heavy atom.